The zero-order valence-corrected chi connectivity index (χ0v) is 16.2. The van der Waals surface area contributed by atoms with Crippen LogP contribution in [-0.2, 0) is 14.2 Å². The Balaban J connectivity index is 1.47. The number of anilines is 1. The summed E-state index contributed by atoms with van der Waals surface area (Å²) < 4.78 is 20.0. The lowest BCUT2D eigenvalue weighted by Gasteiger charge is -2.24. The first-order valence-corrected chi connectivity index (χ1v) is 9.97. The Morgan fingerprint density at radius 1 is 1.14 bits per heavy atom. The van der Waals surface area contributed by atoms with Gasteiger partial charge in [-0.1, -0.05) is 25.2 Å². The summed E-state index contributed by atoms with van der Waals surface area (Å²) in [6.45, 7) is 3.77. The number of fused-ring (bicyclic) bond motifs is 2. The lowest BCUT2D eigenvalue weighted by atomic mass is 9.95. The van der Waals surface area contributed by atoms with Gasteiger partial charge in [0.15, 0.2) is 29.0 Å². The number of hydrogen-bond donors (Lipinski definition) is 1. The van der Waals surface area contributed by atoms with E-state index in [-0.39, 0.29) is 12.2 Å². The van der Waals surface area contributed by atoms with E-state index in [0.717, 1.165) is 24.2 Å². The Morgan fingerprint density at radius 2 is 1.93 bits per heavy atom. The van der Waals surface area contributed by atoms with Crippen LogP contribution in [0.1, 0.15) is 52.2 Å². The minimum atomic E-state index is -0.703. The van der Waals surface area contributed by atoms with Crippen molar-refractivity contribution in [2.24, 2.45) is 0 Å². The van der Waals surface area contributed by atoms with E-state index in [1.807, 2.05) is 18.4 Å². The quantitative estimate of drug-likeness (QED) is 0.816. The van der Waals surface area contributed by atoms with E-state index in [2.05, 4.69) is 26.2 Å². The summed E-state index contributed by atoms with van der Waals surface area (Å²) in [6, 6.07) is 0.433. The van der Waals surface area contributed by atoms with Crippen LogP contribution in [-0.4, -0.2) is 49.7 Å². The summed E-state index contributed by atoms with van der Waals surface area (Å²) in [5.41, 5.74) is 1.43. The van der Waals surface area contributed by atoms with Gasteiger partial charge in [0.25, 0.3) is 0 Å². The van der Waals surface area contributed by atoms with Crippen molar-refractivity contribution < 1.29 is 14.2 Å². The molecule has 3 aliphatic rings. The fraction of sp³-hybridized carbons (Fsp3) is 0.650. The first-order chi connectivity index (χ1) is 13.6. The molecule has 1 aliphatic carbocycles. The molecule has 2 aromatic rings. The molecule has 0 unspecified atom stereocenters. The van der Waals surface area contributed by atoms with Crippen molar-refractivity contribution in [1.29, 1.82) is 0 Å². The SMILES string of the molecule is C#C[C@H]1O[C@@H](n2cnc3c(NC4CCCCC4)ncnc32)[C@@H]2OC(C)(C)O[C@@H]21. The van der Waals surface area contributed by atoms with E-state index in [9.17, 15) is 0 Å². The molecule has 0 amide bonds. The van der Waals surface area contributed by atoms with Crippen molar-refractivity contribution in [1.82, 2.24) is 19.5 Å². The van der Waals surface area contributed by atoms with E-state index in [4.69, 9.17) is 20.6 Å². The number of rotatable bonds is 3. The van der Waals surface area contributed by atoms with Crippen LogP contribution in [0.4, 0.5) is 5.82 Å². The second-order valence-corrected chi connectivity index (χ2v) is 8.20. The predicted octanol–water partition coefficient (Wildman–Crippen LogP) is 2.62. The Bertz CT molecular complexity index is 914. The second kappa shape index (κ2) is 6.69. The fourth-order valence-electron chi connectivity index (χ4n) is 4.52. The molecule has 28 heavy (non-hydrogen) atoms. The molecule has 148 valence electrons. The molecule has 1 saturated carbocycles. The lowest BCUT2D eigenvalue weighted by molar-refractivity contribution is -0.190. The van der Waals surface area contributed by atoms with Crippen LogP contribution < -0.4 is 5.32 Å². The molecule has 3 fully saturated rings. The van der Waals surface area contributed by atoms with Gasteiger partial charge >= 0.3 is 0 Å². The summed E-state index contributed by atoms with van der Waals surface area (Å²) in [5, 5.41) is 3.55. The third kappa shape index (κ3) is 2.94. The molecule has 5 rings (SSSR count). The highest BCUT2D eigenvalue weighted by Gasteiger charge is 2.55. The number of hydrogen-bond acceptors (Lipinski definition) is 7. The Morgan fingerprint density at radius 3 is 2.71 bits per heavy atom. The lowest BCUT2D eigenvalue weighted by Crippen LogP contribution is -2.28. The fourth-order valence-corrected chi connectivity index (χ4v) is 4.52. The topological polar surface area (TPSA) is 83.3 Å². The summed E-state index contributed by atoms with van der Waals surface area (Å²) in [5.74, 6) is 2.74. The van der Waals surface area contributed by atoms with Gasteiger partial charge < -0.3 is 19.5 Å². The summed E-state index contributed by atoms with van der Waals surface area (Å²) in [6.07, 6.45) is 13.5. The molecule has 0 aromatic carbocycles. The summed E-state index contributed by atoms with van der Waals surface area (Å²) in [7, 11) is 0. The molecular formula is C20H25N5O3. The van der Waals surface area contributed by atoms with Gasteiger partial charge in [-0.25, -0.2) is 15.0 Å². The Hall–Kier alpha value is -2.21. The molecule has 0 radical (unpaired) electrons. The van der Waals surface area contributed by atoms with Gasteiger partial charge in [0.1, 0.15) is 24.6 Å². The number of imidazole rings is 1. The van der Waals surface area contributed by atoms with Crippen LogP contribution >= 0.6 is 0 Å². The minimum Gasteiger partial charge on any atom is -0.365 e. The molecule has 8 nitrogen and oxygen atoms in total. The van der Waals surface area contributed by atoms with E-state index >= 15 is 0 Å². The number of ether oxygens (including phenoxy) is 3. The van der Waals surface area contributed by atoms with Crippen LogP contribution in [0.25, 0.3) is 11.2 Å². The molecular weight excluding hydrogens is 358 g/mol. The third-order valence-electron chi connectivity index (χ3n) is 5.77. The van der Waals surface area contributed by atoms with Crippen molar-refractivity contribution in [3.8, 4) is 12.3 Å². The smallest absolute Gasteiger partial charge is 0.167 e. The minimum absolute atomic E-state index is 0.316. The van der Waals surface area contributed by atoms with Crippen molar-refractivity contribution in [2.45, 2.75) is 82.3 Å². The zero-order valence-electron chi connectivity index (χ0n) is 16.2. The highest BCUT2D eigenvalue weighted by molar-refractivity contribution is 5.82. The summed E-state index contributed by atoms with van der Waals surface area (Å²) >= 11 is 0. The molecule has 2 aromatic heterocycles. The van der Waals surface area contributed by atoms with E-state index in [0.29, 0.717) is 11.7 Å². The van der Waals surface area contributed by atoms with Crippen molar-refractivity contribution >= 4 is 17.0 Å². The maximum absolute atomic E-state index is 6.09. The molecule has 2 aliphatic heterocycles. The largest absolute Gasteiger partial charge is 0.365 e. The average molecular weight is 383 g/mol. The van der Waals surface area contributed by atoms with E-state index in [1.165, 1.54) is 19.3 Å². The number of terminal acetylenes is 1. The Labute approximate surface area is 164 Å². The van der Waals surface area contributed by atoms with Gasteiger partial charge in [-0.05, 0) is 26.7 Å². The number of aromatic nitrogens is 4. The standard InChI is InChI=1S/C20H25N5O3/c1-4-13-15-16(28-20(2,3)27-15)19(26-13)25-11-23-14-17(21-10-22-18(14)25)24-12-8-6-5-7-9-12/h1,10-13,15-16,19H,5-9H2,2-3H3,(H,21,22,24)/t13-,15-,16-,19-/m1/s1. The predicted molar refractivity (Wildman–Crippen MR) is 102 cm³/mol. The van der Waals surface area contributed by atoms with Gasteiger partial charge in [0.05, 0.1) is 6.33 Å². The van der Waals surface area contributed by atoms with Gasteiger partial charge in [-0.2, -0.15) is 0 Å². The number of nitrogens with zero attached hydrogens (tertiary/aromatic N) is 4. The van der Waals surface area contributed by atoms with E-state index in [1.54, 1.807) is 12.7 Å². The van der Waals surface area contributed by atoms with Crippen molar-refractivity contribution in [3.63, 3.8) is 0 Å². The Kier molecular flexibility index (Phi) is 4.27. The molecule has 8 heteroatoms. The summed E-state index contributed by atoms with van der Waals surface area (Å²) in [4.78, 5) is 13.5. The van der Waals surface area contributed by atoms with Gasteiger partial charge in [0.2, 0.25) is 0 Å². The first-order valence-electron chi connectivity index (χ1n) is 9.97. The average Bonchev–Trinajstić information content (AvgIpc) is 3.33. The molecule has 4 heterocycles. The molecule has 4 atom stereocenters. The third-order valence-corrected chi connectivity index (χ3v) is 5.77. The van der Waals surface area contributed by atoms with Gasteiger partial charge in [0, 0.05) is 6.04 Å². The maximum atomic E-state index is 6.09. The maximum Gasteiger partial charge on any atom is 0.167 e. The van der Waals surface area contributed by atoms with Gasteiger partial charge in [-0.15, -0.1) is 6.42 Å². The molecule has 2 saturated heterocycles. The van der Waals surface area contributed by atoms with Crippen LogP contribution in [0, 0.1) is 12.3 Å². The second-order valence-electron chi connectivity index (χ2n) is 8.20. The molecule has 1 N–H and O–H groups in total. The molecule has 0 spiro atoms. The van der Waals surface area contributed by atoms with Crippen LogP contribution in [0.3, 0.4) is 0 Å². The monoisotopic (exact) mass is 383 g/mol. The van der Waals surface area contributed by atoms with Gasteiger partial charge in [-0.3, -0.25) is 4.57 Å². The molecule has 0 bridgehead atoms. The highest BCUT2D eigenvalue weighted by Crippen LogP contribution is 2.43. The zero-order chi connectivity index (χ0) is 19.3. The van der Waals surface area contributed by atoms with Crippen LogP contribution in [0.5, 0.6) is 0 Å². The van der Waals surface area contributed by atoms with Crippen molar-refractivity contribution in [3.05, 3.63) is 12.7 Å². The normalized spacial score (nSPS) is 32.3. The first kappa shape index (κ1) is 17.9. The van der Waals surface area contributed by atoms with Crippen LogP contribution in [0.15, 0.2) is 12.7 Å². The highest BCUT2D eigenvalue weighted by atomic mass is 16.8. The van der Waals surface area contributed by atoms with E-state index < -0.39 is 18.1 Å². The van der Waals surface area contributed by atoms with Crippen molar-refractivity contribution in [2.75, 3.05) is 5.32 Å². The number of nitrogens with one attached hydrogen (secondary N) is 1. The van der Waals surface area contributed by atoms with Crippen LogP contribution in [0.2, 0.25) is 0 Å².